The smallest absolute Gasteiger partial charge is 0.223 e. The molecule has 1 aromatic rings. The molecule has 0 aliphatic heterocycles. The quantitative estimate of drug-likeness (QED) is 0.924. The van der Waals surface area contributed by atoms with E-state index >= 15 is 0 Å². The third-order valence-corrected chi connectivity index (χ3v) is 4.09. The van der Waals surface area contributed by atoms with Crippen molar-refractivity contribution in [2.24, 2.45) is 0 Å². The molecule has 112 valence electrons. The lowest BCUT2D eigenvalue weighted by Crippen LogP contribution is -2.22. The normalized spacial score (nSPS) is 17.9. The Hall–Kier alpha value is -1.29. The molecule has 2 rings (SSSR count). The van der Waals surface area contributed by atoms with Gasteiger partial charge in [0, 0.05) is 24.3 Å². The Morgan fingerprint density at radius 2 is 1.80 bits per heavy atom. The fourth-order valence-corrected chi connectivity index (χ4v) is 3.08. The highest BCUT2D eigenvalue weighted by Crippen LogP contribution is 2.28. The van der Waals surface area contributed by atoms with Gasteiger partial charge in [-0.15, -0.1) is 0 Å². The molecule has 0 radical (unpaired) electrons. The molecule has 0 saturated heterocycles. The van der Waals surface area contributed by atoms with Crippen LogP contribution in [-0.4, -0.2) is 28.7 Å². The van der Waals surface area contributed by atoms with E-state index in [1.54, 1.807) is 12.3 Å². The third-order valence-electron chi connectivity index (χ3n) is 4.09. The molecule has 4 heteroatoms. The molecule has 1 aliphatic carbocycles. The summed E-state index contributed by atoms with van der Waals surface area (Å²) >= 11 is 0. The van der Waals surface area contributed by atoms with Crippen LogP contribution in [0.5, 0.6) is 5.75 Å². The molecule has 0 spiro atoms. The summed E-state index contributed by atoms with van der Waals surface area (Å²) in [7, 11) is 4.00. The topological polar surface area (TPSA) is 45.5 Å². The van der Waals surface area contributed by atoms with Gasteiger partial charge in [-0.1, -0.05) is 32.1 Å². The molecule has 0 bridgehead atoms. The summed E-state index contributed by atoms with van der Waals surface area (Å²) in [5, 5.41) is 9.77. The summed E-state index contributed by atoms with van der Waals surface area (Å²) in [6, 6.07) is 2.01. The molecule has 0 unspecified atom stereocenters. The molecular weight excluding hydrogens is 252 g/mol. The lowest BCUT2D eigenvalue weighted by atomic mass is 9.96. The second-order valence-corrected chi connectivity index (χ2v) is 6.16. The van der Waals surface area contributed by atoms with Gasteiger partial charge in [-0.05, 0) is 26.9 Å². The third kappa shape index (κ3) is 3.85. The van der Waals surface area contributed by atoms with Crippen LogP contribution in [0, 0.1) is 0 Å². The predicted molar refractivity (Wildman–Crippen MR) is 81.1 cm³/mol. The molecule has 0 amide bonds. The highest BCUT2D eigenvalue weighted by atomic mass is 16.3. The van der Waals surface area contributed by atoms with Crippen molar-refractivity contribution in [3.63, 3.8) is 0 Å². The van der Waals surface area contributed by atoms with Gasteiger partial charge in [0.15, 0.2) is 5.75 Å². The zero-order chi connectivity index (χ0) is 14.5. The molecule has 20 heavy (non-hydrogen) atoms. The van der Waals surface area contributed by atoms with E-state index in [9.17, 15) is 9.90 Å². The molecule has 1 aromatic heterocycles. The van der Waals surface area contributed by atoms with Crippen molar-refractivity contribution in [2.75, 3.05) is 14.1 Å². The summed E-state index contributed by atoms with van der Waals surface area (Å²) in [5.74, 6) is -0.130. The fourth-order valence-electron chi connectivity index (χ4n) is 3.08. The minimum atomic E-state index is -0.274. The first-order valence-corrected chi connectivity index (χ1v) is 7.66. The van der Waals surface area contributed by atoms with Gasteiger partial charge in [0.1, 0.15) is 0 Å². The van der Waals surface area contributed by atoms with Crippen molar-refractivity contribution < 1.29 is 5.11 Å². The first kappa shape index (κ1) is 15.1. The van der Waals surface area contributed by atoms with Gasteiger partial charge in [-0.2, -0.15) is 0 Å². The Labute approximate surface area is 121 Å². The maximum absolute atomic E-state index is 11.7. The minimum absolute atomic E-state index is 0.130. The lowest BCUT2D eigenvalue weighted by molar-refractivity contribution is 0.329. The van der Waals surface area contributed by atoms with E-state index < -0.39 is 0 Å². The zero-order valence-electron chi connectivity index (χ0n) is 12.6. The molecule has 1 fully saturated rings. The summed E-state index contributed by atoms with van der Waals surface area (Å²) < 4.78 is 2.14. The first-order valence-electron chi connectivity index (χ1n) is 7.66. The van der Waals surface area contributed by atoms with Gasteiger partial charge >= 0.3 is 0 Å². The van der Waals surface area contributed by atoms with Crippen LogP contribution in [0.4, 0.5) is 0 Å². The second kappa shape index (κ2) is 6.93. The number of pyridine rings is 1. The van der Waals surface area contributed by atoms with Crippen LogP contribution in [0.1, 0.15) is 56.7 Å². The van der Waals surface area contributed by atoms with Crippen LogP contribution >= 0.6 is 0 Å². The van der Waals surface area contributed by atoms with Crippen LogP contribution in [0.15, 0.2) is 17.1 Å². The molecule has 1 aliphatic rings. The molecule has 4 nitrogen and oxygen atoms in total. The highest BCUT2D eigenvalue weighted by Gasteiger charge is 2.17. The highest BCUT2D eigenvalue weighted by molar-refractivity contribution is 5.21. The van der Waals surface area contributed by atoms with Crippen LogP contribution < -0.4 is 5.43 Å². The van der Waals surface area contributed by atoms with Crippen molar-refractivity contribution in [3.8, 4) is 5.75 Å². The molecule has 0 atom stereocenters. The van der Waals surface area contributed by atoms with Crippen LogP contribution in [-0.2, 0) is 6.54 Å². The maximum atomic E-state index is 11.7. The van der Waals surface area contributed by atoms with Crippen molar-refractivity contribution in [1.29, 1.82) is 0 Å². The van der Waals surface area contributed by atoms with Crippen LogP contribution in [0.3, 0.4) is 0 Å². The van der Waals surface area contributed by atoms with Crippen molar-refractivity contribution in [2.45, 2.75) is 57.5 Å². The van der Waals surface area contributed by atoms with Gasteiger partial charge in [0.25, 0.3) is 0 Å². The Kier molecular flexibility index (Phi) is 5.24. The molecule has 1 heterocycles. The van der Waals surface area contributed by atoms with Crippen LogP contribution in [0.2, 0.25) is 0 Å². The Balaban J connectivity index is 2.31. The largest absolute Gasteiger partial charge is 0.503 e. The summed E-state index contributed by atoms with van der Waals surface area (Å²) in [6.07, 6.45) is 10.3. The van der Waals surface area contributed by atoms with Gasteiger partial charge < -0.3 is 14.6 Å². The van der Waals surface area contributed by atoms with Crippen molar-refractivity contribution in [3.05, 3.63) is 28.2 Å². The minimum Gasteiger partial charge on any atom is -0.503 e. The Morgan fingerprint density at radius 3 is 2.40 bits per heavy atom. The molecule has 1 saturated carbocycles. The zero-order valence-corrected chi connectivity index (χ0v) is 12.6. The molecule has 1 N–H and O–H groups in total. The van der Waals surface area contributed by atoms with E-state index in [4.69, 9.17) is 0 Å². The van der Waals surface area contributed by atoms with Gasteiger partial charge in [0.05, 0.1) is 6.20 Å². The average Bonchev–Trinajstić information content (AvgIpc) is 2.33. The monoisotopic (exact) mass is 278 g/mol. The van der Waals surface area contributed by atoms with Crippen molar-refractivity contribution >= 4 is 0 Å². The Bertz CT molecular complexity index is 486. The number of aromatic hydroxyl groups is 1. The number of hydrogen-bond acceptors (Lipinski definition) is 3. The predicted octanol–water partition coefficient (Wildman–Crippen LogP) is 2.90. The van der Waals surface area contributed by atoms with Gasteiger partial charge in [-0.25, -0.2) is 0 Å². The lowest BCUT2D eigenvalue weighted by Gasteiger charge is -2.27. The average molecular weight is 278 g/mol. The standard InChI is InChI=1S/C16H26N2O2/c1-17(2)11-14-10-15(19)16(20)12-18(14)13-8-6-4-3-5-7-9-13/h10,12-13,20H,3-9,11H2,1-2H3. The SMILES string of the molecule is CN(C)Cc1cc(=O)c(O)cn1C1CCCCCCC1. The summed E-state index contributed by atoms with van der Waals surface area (Å²) in [6.45, 7) is 0.728. The summed E-state index contributed by atoms with van der Waals surface area (Å²) in [5.41, 5.74) is 0.729. The first-order chi connectivity index (χ1) is 9.58. The van der Waals surface area contributed by atoms with E-state index in [0.717, 1.165) is 25.1 Å². The fraction of sp³-hybridized carbons (Fsp3) is 0.688. The van der Waals surface area contributed by atoms with E-state index in [1.807, 2.05) is 14.1 Å². The van der Waals surface area contributed by atoms with E-state index in [2.05, 4.69) is 9.47 Å². The van der Waals surface area contributed by atoms with E-state index in [0.29, 0.717) is 6.04 Å². The van der Waals surface area contributed by atoms with Gasteiger partial charge in [-0.3, -0.25) is 4.79 Å². The van der Waals surface area contributed by atoms with E-state index in [1.165, 1.54) is 32.1 Å². The van der Waals surface area contributed by atoms with Crippen LogP contribution in [0.25, 0.3) is 0 Å². The molecular formula is C16H26N2O2. The van der Waals surface area contributed by atoms with Crippen molar-refractivity contribution in [1.82, 2.24) is 9.47 Å². The Morgan fingerprint density at radius 1 is 1.20 bits per heavy atom. The number of aromatic nitrogens is 1. The number of nitrogens with zero attached hydrogens (tertiary/aromatic N) is 2. The number of rotatable bonds is 3. The maximum Gasteiger partial charge on any atom is 0.223 e. The number of hydrogen-bond donors (Lipinski definition) is 1. The summed E-state index contributed by atoms with van der Waals surface area (Å²) in [4.78, 5) is 13.8. The molecule has 0 aromatic carbocycles. The van der Waals surface area contributed by atoms with E-state index in [-0.39, 0.29) is 11.2 Å². The second-order valence-electron chi connectivity index (χ2n) is 6.16. The van der Waals surface area contributed by atoms with Gasteiger partial charge in [0.2, 0.25) is 5.43 Å².